The Bertz CT molecular complexity index is 390. The molecule has 0 unspecified atom stereocenters. The maximum absolute atomic E-state index is 11.9. The topological polar surface area (TPSA) is 73.0 Å². The van der Waals surface area contributed by atoms with Gasteiger partial charge in [0.25, 0.3) is 0 Å². The summed E-state index contributed by atoms with van der Waals surface area (Å²) < 4.78 is 0. The predicted molar refractivity (Wildman–Crippen MR) is 84.2 cm³/mol. The molecule has 126 valence electrons. The van der Waals surface area contributed by atoms with E-state index in [9.17, 15) is 14.4 Å². The lowest BCUT2D eigenvalue weighted by molar-refractivity contribution is -0.134. The van der Waals surface area contributed by atoms with E-state index in [2.05, 4.69) is 5.32 Å². The molecule has 1 saturated heterocycles. The normalized spacial score (nSPS) is 14.3. The van der Waals surface area contributed by atoms with Gasteiger partial charge in [0, 0.05) is 26.2 Å². The lowest BCUT2D eigenvalue weighted by atomic mass is 10.4. The first-order chi connectivity index (χ1) is 10.5. The van der Waals surface area contributed by atoms with Crippen molar-refractivity contribution in [2.75, 3.05) is 52.9 Å². The van der Waals surface area contributed by atoms with Gasteiger partial charge >= 0.3 is 0 Å². The van der Waals surface area contributed by atoms with Crippen LogP contribution in [0.15, 0.2) is 0 Å². The van der Waals surface area contributed by atoms with Gasteiger partial charge in [-0.25, -0.2) is 0 Å². The number of carbonyl (C=O) groups excluding carboxylic acids is 3. The van der Waals surface area contributed by atoms with Crippen LogP contribution in [0.3, 0.4) is 0 Å². The third-order valence-electron chi connectivity index (χ3n) is 3.83. The molecule has 0 bridgehead atoms. The van der Waals surface area contributed by atoms with Crippen LogP contribution in [0.1, 0.15) is 26.7 Å². The molecule has 0 radical (unpaired) electrons. The number of likely N-dealkylation sites (tertiary alicyclic amines) is 1. The summed E-state index contributed by atoms with van der Waals surface area (Å²) in [5, 5.41) is 2.62. The number of hydrogen-bond donors (Lipinski definition) is 1. The van der Waals surface area contributed by atoms with Gasteiger partial charge in [0.1, 0.15) is 0 Å². The van der Waals surface area contributed by atoms with Crippen LogP contribution < -0.4 is 5.32 Å². The molecule has 1 fully saturated rings. The van der Waals surface area contributed by atoms with Crippen LogP contribution in [-0.2, 0) is 14.4 Å². The molecule has 1 N–H and O–H groups in total. The highest BCUT2D eigenvalue weighted by molar-refractivity contribution is 5.86. The minimum atomic E-state index is -0.234. The number of hydrogen-bond acceptors (Lipinski definition) is 4. The van der Waals surface area contributed by atoms with Crippen molar-refractivity contribution in [3.8, 4) is 0 Å². The van der Waals surface area contributed by atoms with E-state index in [0.717, 1.165) is 25.9 Å². The molecular weight excluding hydrogens is 284 g/mol. The Morgan fingerprint density at radius 1 is 1.05 bits per heavy atom. The second-order valence-corrected chi connectivity index (χ2v) is 5.60. The summed E-state index contributed by atoms with van der Waals surface area (Å²) in [4.78, 5) is 40.7. The summed E-state index contributed by atoms with van der Waals surface area (Å²) in [6, 6.07) is 0. The smallest absolute Gasteiger partial charge is 0.241 e. The van der Waals surface area contributed by atoms with Gasteiger partial charge in [0.05, 0.1) is 19.6 Å². The Hall–Kier alpha value is -1.63. The molecule has 3 amide bonds. The standard InChI is InChI=1S/C15H28N4O3/c1-4-18(5-2)15(22)12-17(3)11-13(20)16-10-14(21)19-8-6-7-9-19/h4-12H2,1-3H3,(H,16,20). The number of likely N-dealkylation sites (N-methyl/N-ethyl adjacent to an activating group) is 2. The maximum Gasteiger partial charge on any atom is 0.241 e. The van der Waals surface area contributed by atoms with Gasteiger partial charge in [-0.05, 0) is 33.7 Å². The van der Waals surface area contributed by atoms with Crippen LogP contribution in [0.5, 0.6) is 0 Å². The Morgan fingerprint density at radius 3 is 2.18 bits per heavy atom. The van der Waals surface area contributed by atoms with Crippen LogP contribution in [0.2, 0.25) is 0 Å². The highest BCUT2D eigenvalue weighted by atomic mass is 16.2. The molecule has 1 rings (SSSR count). The third-order valence-corrected chi connectivity index (χ3v) is 3.83. The predicted octanol–water partition coefficient (Wildman–Crippen LogP) is -0.475. The molecule has 7 heteroatoms. The minimum Gasteiger partial charge on any atom is -0.346 e. The average molecular weight is 312 g/mol. The fourth-order valence-corrected chi connectivity index (χ4v) is 2.52. The van der Waals surface area contributed by atoms with E-state index in [1.807, 2.05) is 13.8 Å². The molecule has 0 atom stereocenters. The van der Waals surface area contributed by atoms with Crippen LogP contribution in [-0.4, -0.2) is 85.3 Å². The average Bonchev–Trinajstić information content (AvgIpc) is 3.00. The van der Waals surface area contributed by atoms with E-state index >= 15 is 0 Å². The van der Waals surface area contributed by atoms with Crippen molar-refractivity contribution in [3.63, 3.8) is 0 Å². The van der Waals surface area contributed by atoms with Crippen LogP contribution in [0.4, 0.5) is 0 Å². The second-order valence-electron chi connectivity index (χ2n) is 5.60. The van der Waals surface area contributed by atoms with Crippen LogP contribution in [0.25, 0.3) is 0 Å². The molecule has 22 heavy (non-hydrogen) atoms. The van der Waals surface area contributed by atoms with Gasteiger partial charge in [-0.3, -0.25) is 19.3 Å². The SMILES string of the molecule is CCN(CC)C(=O)CN(C)CC(=O)NCC(=O)N1CCCC1. The number of rotatable bonds is 8. The van der Waals surface area contributed by atoms with Crippen molar-refractivity contribution in [3.05, 3.63) is 0 Å². The molecule has 0 aromatic carbocycles. The summed E-state index contributed by atoms with van der Waals surface area (Å²) in [6.45, 7) is 7.11. The quantitative estimate of drug-likeness (QED) is 0.657. The molecule has 0 spiro atoms. The Morgan fingerprint density at radius 2 is 1.64 bits per heavy atom. The van der Waals surface area contributed by atoms with Crippen molar-refractivity contribution >= 4 is 17.7 Å². The first kappa shape index (κ1) is 18.4. The van der Waals surface area contributed by atoms with E-state index in [0.29, 0.717) is 13.1 Å². The zero-order chi connectivity index (χ0) is 16.5. The summed E-state index contributed by atoms with van der Waals surface area (Å²) in [5.41, 5.74) is 0. The summed E-state index contributed by atoms with van der Waals surface area (Å²) in [7, 11) is 1.73. The van der Waals surface area contributed by atoms with E-state index in [-0.39, 0.29) is 37.4 Å². The van der Waals surface area contributed by atoms with E-state index in [4.69, 9.17) is 0 Å². The molecule has 0 aliphatic carbocycles. The number of nitrogens with one attached hydrogen (secondary N) is 1. The lowest BCUT2D eigenvalue weighted by Gasteiger charge is -2.22. The Balaban J connectivity index is 2.25. The first-order valence-corrected chi connectivity index (χ1v) is 7.98. The van der Waals surface area contributed by atoms with Gasteiger partial charge in [-0.2, -0.15) is 0 Å². The van der Waals surface area contributed by atoms with Crippen LogP contribution >= 0.6 is 0 Å². The molecule has 1 aliphatic rings. The van der Waals surface area contributed by atoms with E-state index < -0.39 is 0 Å². The van der Waals surface area contributed by atoms with Crippen molar-refractivity contribution in [1.29, 1.82) is 0 Å². The Labute approximate surface area is 132 Å². The largest absolute Gasteiger partial charge is 0.346 e. The molecular formula is C15H28N4O3. The molecule has 1 aliphatic heterocycles. The number of nitrogens with zero attached hydrogens (tertiary/aromatic N) is 3. The van der Waals surface area contributed by atoms with E-state index in [1.165, 1.54) is 0 Å². The maximum atomic E-state index is 11.9. The third kappa shape index (κ3) is 6.01. The van der Waals surface area contributed by atoms with Gasteiger partial charge in [0.2, 0.25) is 17.7 Å². The van der Waals surface area contributed by atoms with Gasteiger partial charge < -0.3 is 15.1 Å². The number of carbonyl (C=O) groups is 3. The van der Waals surface area contributed by atoms with Crippen molar-refractivity contribution in [2.45, 2.75) is 26.7 Å². The molecule has 0 saturated carbocycles. The monoisotopic (exact) mass is 312 g/mol. The Kier molecular flexibility index (Phi) is 7.87. The highest BCUT2D eigenvalue weighted by Gasteiger charge is 2.19. The van der Waals surface area contributed by atoms with Gasteiger partial charge in [-0.15, -0.1) is 0 Å². The summed E-state index contributed by atoms with van der Waals surface area (Å²) >= 11 is 0. The molecule has 0 aromatic rings. The number of amides is 3. The molecule has 1 heterocycles. The van der Waals surface area contributed by atoms with Crippen molar-refractivity contribution in [2.24, 2.45) is 0 Å². The highest BCUT2D eigenvalue weighted by Crippen LogP contribution is 2.06. The first-order valence-electron chi connectivity index (χ1n) is 7.98. The lowest BCUT2D eigenvalue weighted by Crippen LogP contribution is -2.44. The fourth-order valence-electron chi connectivity index (χ4n) is 2.52. The van der Waals surface area contributed by atoms with Gasteiger partial charge in [0.15, 0.2) is 0 Å². The minimum absolute atomic E-state index is 0.00782. The summed E-state index contributed by atoms with van der Waals surface area (Å²) in [6.07, 6.45) is 2.08. The van der Waals surface area contributed by atoms with E-state index in [1.54, 1.807) is 21.7 Å². The molecule has 0 aromatic heterocycles. The summed E-state index contributed by atoms with van der Waals surface area (Å²) in [5.74, 6) is -0.261. The van der Waals surface area contributed by atoms with Gasteiger partial charge in [-0.1, -0.05) is 0 Å². The molecule has 7 nitrogen and oxygen atoms in total. The van der Waals surface area contributed by atoms with Crippen LogP contribution in [0, 0.1) is 0 Å². The zero-order valence-corrected chi connectivity index (χ0v) is 13.9. The fraction of sp³-hybridized carbons (Fsp3) is 0.800. The van der Waals surface area contributed by atoms with Crippen molar-refractivity contribution < 1.29 is 14.4 Å². The zero-order valence-electron chi connectivity index (χ0n) is 13.9. The van der Waals surface area contributed by atoms with Crippen molar-refractivity contribution in [1.82, 2.24) is 20.0 Å². The second kappa shape index (κ2) is 9.40.